The van der Waals surface area contributed by atoms with E-state index < -0.39 is 5.92 Å². The number of aryl methyl sites for hydroxylation is 1. The summed E-state index contributed by atoms with van der Waals surface area (Å²) in [6, 6.07) is 13.0. The van der Waals surface area contributed by atoms with Gasteiger partial charge < -0.3 is 24.3 Å². The fourth-order valence-electron chi connectivity index (χ4n) is 3.59. The monoisotopic (exact) mass is 436 g/mol. The highest BCUT2D eigenvalue weighted by Gasteiger charge is 2.35. The van der Waals surface area contributed by atoms with Gasteiger partial charge in [0.15, 0.2) is 16.7 Å². The molecule has 1 aromatic heterocycles. The molecule has 2 aliphatic rings. The number of nitrogens with zero attached hydrogens (tertiary/aromatic N) is 3. The number of imidazole rings is 1. The van der Waals surface area contributed by atoms with Gasteiger partial charge in [-0.15, -0.1) is 0 Å². The third-order valence-corrected chi connectivity index (χ3v) is 6.36. The van der Waals surface area contributed by atoms with Crippen LogP contribution < -0.4 is 19.7 Å². The van der Waals surface area contributed by atoms with Crippen molar-refractivity contribution >= 4 is 35.0 Å². The molecule has 0 spiro atoms. The Labute approximate surface area is 183 Å². The number of hydrogen-bond donors (Lipinski definition) is 1. The van der Waals surface area contributed by atoms with E-state index in [9.17, 15) is 9.59 Å². The van der Waals surface area contributed by atoms with Gasteiger partial charge in [-0.2, -0.15) is 0 Å². The quantitative estimate of drug-likeness (QED) is 0.661. The Balaban J connectivity index is 1.22. The van der Waals surface area contributed by atoms with Crippen molar-refractivity contribution in [2.75, 3.05) is 23.6 Å². The van der Waals surface area contributed by atoms with Gasteiger partial charge in [-0.1, -0.05) is 11.8 Å². The van der Waals surface area contributed by atoms with E-state index in [1.807, 2.05) is 48.1 Å². The molecule has 0 aliphatic carbocycles. The number of carbonyl (C=O) groups excluding carboxylic acids is 2. The summed E-state index contributed by atoms with van der Waals surface area (Å²) in [6.07, 6.45) is 3.83. The van der Waals surface area contributed by atoms with Crippen LogP contribution in [0.4, 0.5) is 11.4 Å². The molecule has 2 aliphatic heterocycles. The standard InChI is InChI=1S/C22H20N4O4S/c1-25-9-8-23-22(25)31-17-5-2-15(3-6-17)24-21(28)14-10-20(27)26(12-14)16-4-7-18-19(11-16)30-13-29-18/h2-9,11,14H,10,12-13H2,1H3,(H,24,28). The zero-order valence-electron chi connectivity index (χ0n) is 16.8. The van der Waals surface area contributed by atoms with Crippen molar-refractivity contribution in [3.63, 3.8) is 0 Å². The van der Waals surface area contributed by atoms with Crippen LogP contribution in [0.15, 0.2) is 64.9 Å². The van der Waals surface area contributed by atoms with Crippen molar-refractivity contribution in [3.05, 3.63) is 54.9 Å². The Morgan fingerprint density at radius 3 is 2.74 bits per heavy atom. The summed E-state index contributed by atoms with van der Waals surface area (Å²) in [5.74, 6) is 0.609. The van der Waals surface area contributed by atoms with E-state index in [1.165, 1.54) is 0 Å². The number of aromatic nitrogens is 2. The maximum atomic E-state index is 12.8. The molecule has 31 heavy (non-hydrogen) atoms. The molecule has 0 bridgehead atoms. The van der Waals surface area contributed by atoms with Gasteiger partial charge >= 0.3 is 0 Å². The summed E-state index contributed by atoms with van der Waals surface area (Å²) < 4.78 is 12.7. The van der Waals surface area contributed by atoms with Crippen LogP contribution in [-0.4, -0.2) is 34.7 Å². The normalized spacial score (nSPS) is 17.3. The highest BCUT2D eigenvalue weighted by molar-refractivity contribution is 7.99. The van der Waals surface area contributed by atoms with Crippen LogP contribution in [0.3, 0.4) is 0 Å². The molecule has 3 heterocycles. The van der Waals surface area contributed by atoms with E-state index in [2.05, 4.69) is 10.3 Å². The van der Waals surface area contributed by atoms with E-state index >= 15 is 0 Å². The zero-order chi connectivity index (χ0) is 21.4. The molecule has 0 radical (unpaired) electrons. The SMILES string of the molecule is Cn1ccnc1Sc1ccc(NC(=O)C2CC(=O)N(c3ccc4c(c3)OCO4)C2)cc1. The second kappa shape index (κ2) is 7.99. The lowest BCUT2D eigenvalue weighted by molar-refractivity contribution is -0.122. The largest absolute Gasteiger partial charge is 0.454 e. The average Bonchev–Trinajstić information content (AvgIpc) is 3.49. The van der Waals surface area contributed by atoms with Crippen molar-refractivity contribution in [3.8, 4) is 11.5 Å². The van der Waals surface area contributed by atoms with Gasteiger partial charge in [-0.05, 0) is 36.4 Å². The molecule has 1 fully saturated rings. The molecule has 0 saturated carbocycles. The van der Waals surface area contributed by atoms with Gasteiger partial charge in [0.25, 0.3) is 0 Å². The summed E-state index contributed by atoms with van der Waals surface area (Å²) >= 11 is 1.55. The van der Waals surface area contributed by atoms with Crippen LogP contribution in [0.2, 0.25) is 0 Å². The fourth-order valence-corrected chi connectivity index (χ4v) is 4.39. The van der Waals surface area contributed by atoms with Gasteiger partial charge in [-0.3, -0.25) is 9.59 Å². The molecule has 3 aromatic rings. The molecular weight excluding hydrogens is 416 g/mol. The zero-order valence-corrected chi connectivity index (χ0v) is 17.6. The van der Waals surface area contributed by atoms with Gasteiger partial charge in [0.05, 0.1) is 5.92 Å². The Hall–Kier alpha value is -3.46. The lowest BCUT2D eigenvalue weighted by atomic mass is 10.1. The lowest BCUT2D eigenvalue weighted by Crippen LogP contribution is -2.28. The molecule has 1 atom stereocenters. The van der Waals surface area contributed by atoms with Crippen LogP contribution in [0.5, 0.6) is 11.5 Å². The first-order chi connectivity index (χ1) is 15.1. The van der Waals surface area contributed by atoms with Gasteiger partial charge in [0.1, 0.15) is 0 Å². The second-order valence-electron chi connectivity index (χ2n) is 7.38. The predicted molar refractivity (Wildman–Crippen MR) is 115 cm³/mol. The van der Waals surface area contributed by atoms with E-state index in [4.69, 9.17) is 9.47 Å². The number of anilines is 2. The van der Waals surface area contributed by atoms with E-state index in [1.54, 1.807) is 35.0 Å². The number of amides is 2. The number of carbonyl (C=O) groups is 2. The highest BCUT2D eigenvalue weighted by Crippen LogP contribution is 2.37. The Morgan fingerprint density at radius 1 is 1.16 bits per heavy atom. The first-order valence-corrected chi connectivity index (χ1v) is 10.6. The Kier molecular flexibility index (Phi) is 5.03. The summed E-state index contributed by atoms with van der Waals surface area (Å²) in [6.45, 7) is 0.508. The van der Waals surface area contributed by atoms with Crippen molar-refractivity contribution < 1.29 is 19.1 Å². The molecule has 5 rings (SSSR count). The van der Waals surface area contributed by atoms with Crippen LogP contribution in [0.1, 0.15) is 6.42 Å². The minimum absolute atomic E-state index is 0.0826. The molecule has 1 N–H and O–H groups in total. The van der Waals surface area contributed by atoms with Gasteiger partial charge in [0, 0.05) is 54.7 Å². The lowest BCUT2D eigenvalue weighted by Gasteiger charge is -2.17. The molecule has 1 saturated heterocycles. The van der Waals surface area contributed by atoms with Crippen molar-refractivity contribution in [1.82, 2.24) is 9.55 Å². The van der Waals surface area contributed by atoms with E-state index in [0.717, 1.165) is 10.1 Å². The molecule has 8 nitrogen and oxygen atoms in total. The first-order valence-electron chi connectivity index (χ1n) is 9.83. The Morgan fingerprint density at radius 2 is 1.97 bits per heavy atom. The molecule has 1 unspecified atom stereocenters. The van der Waals surface area contributed by atoms with Crippen LogP contribution in [0, 0.1) is 5.92 Å². The molecule has 158 valence electrons. The minimum atomic E-state index is -0.417. The number of fused-ring (bicyclic) bond motifs is 1. The summed E-state index contributed by atoms with van der Waals surface area (Å²) in [5.41, 5.74) is 1.41. The number of rotatable bonds is 5. The maximum Gasteiger partial charge on any atom is 0.231 e. The molecular formula is C22H20N4O4S. The molecule has 9 heteroatoms. The predicted octanol–water partition coefficient (Wildman–Crippen LogP) is 3.29. The summed E-state index contributed by atoms with van der Waals surface area (Å²) in [7, 11) is 1.94. The molecule has 2 aromatic carbocycles. The van der Waals surface area contributed by atoms with Crippen molar-refractivity contribution in [1.29, 1.82) is 0 Å². The number of nitrogens with one attached hydrogen (secondary N) is 1. The second-order valence-corrected chi connectivity index (χ2v) is 8.42. The number of ether oxygens (including phenoxy) is 2. The van der Waals surface area contributed by atoms with Crippen molar-refractivity contribution in [2.24, 2.45) is 13.0 Å². The van der Waals surface area contributed by atoms with Crippen LogP contribution >= 0.6 is 11.8 Å². The Bertz CT molecular complexity index is 1140. The third kappa shape index (κ3) is 3.96. The van der Waals surface area contributed by atoms with Gasteiger partial charge in [-0.25, -0.2) is 4.98 Å². The van der Waals surface area contributed by atoms with Gasteiger partial charge in [0.2, 0.25) is 18.6 Å². The van der Waals surface area contributed by atoms with Crippen LogP contribution in [0.25, 0.3) is 0 Å². The average molecular weight is 436 g/mol. The minimum Gasteiger partial charge on any atom is -0.454 e. The number of hydrogen-bond acceptors (Lipinski definition) is 6. The summed E-state index contributed by atoms with van der Waals surface area (Å²) in [5, 5.41) is 3.82. The fraction of sp³-hybridized carbons (Fsp3) is 0.227. The van der Waals surface area contributed by atoms with Crippen LogP contribution in [-0.2, 0) is 16.6 Å². The molecule has 2 amide bonds. The van der Waals surface area contributed by atoms with E-state index in [-0.39, 0.29) is 25.0 Å². The topological polar surface area (TPSA) is 85.7 Å². The maximum absolute atomic E-state index is 12.8. The summed E-state index contributed by atoms with van der Waals surface area (Å²) in [4.78, 5) is 32.2. The van der Waals surface area contributed by atoms with Crippen molar-refractivity contribution in [2.45, 2.75) is 16.5 Å². The van der Waals surface area contributed by atoms with E-state index in [0.29, 0.717) is 29.4 Å². The third-order valence-electron chi connectivity index (χ3n) is 5.27. The first kappa shape index (κ1) is 19.5. The number of benzene rings is 2. The highest BCUT2D eigenvalue weighted by atomic mass is 32.2. The smallest absolute Gasteiger partial charge is 0.231 e.